The number of halogens is 4. The van der Waals surface area contributed by atoms with E-state index in [1.54, 1.807) is 22.4 Å². The second kappa shape index (κ2) is 9.80. The number of anilines is 1. The molecular formula is C26H21F4N7OS. The molecule has 0 aliphatic carbocycles. The predicted octanol–water partition coefficient (Wildman–Crippen LogP) is 5.57. The number of rotatable bonds is 4. The summed E-state index contributed by atoms with van der Waals surface area (Å²) in [5.74, 6) is -0.863. The topological polar surface area (TPSA) is 79.2 Å². The second-order valence-electron chi connectivity index (χ2n) is 9.14. The highest BCUT2D eigenvalue weighted by atomic mass is 32.1. The van der Waals surface area contributed by atoms with Gasteiger partial charge in [0.05, 0.1) is 23.3 Å². The fourth-order valence-electron chi connectivity index (χ4n) is 4.64. The highest BCUT2D eigenvalue weighted by Gasteiger charge is 2.34. The second-order valence-corrected chi connectivity index (χ2v) is 10.1. The molecule has 1 N–H and O–H groups in total. The molecule has 1 saturated heterocycles. The molecule has 8 nitrogen and oxygen atoms in total. The Hall–Kier alpha value is -4.26. The highest BCUT2D eigenvalue weighted by molar-refractivity contribution is 7.17. The number of amides is 2. The van der Waals surface area contributed by atoms with Gasteiger partial charge in [0.2, 0.25) is 0 Å². The van der Waals surface area contributed by atoms with Crippen LogP contribution in [0.1, 0.15) is 17.5 Å². The summed E-state index contributed by atoms with van der Waals surface area (Å²) in [5, 5.41) is 11.0. The van der Waals surface area contributed by atoms with Crippen molar-refractivity contribution in [2.45, 2.75) is 19.1 Å². The van der Waals surface area contributed by atoms with Crippen molar-refractivity contribution in [3.8, 4) is 5.69 Å². The van der Waals surface area contributed by atoms with E-state index >= 15 is 0 Å². The van der Waals surface area contributed by atoms with Crippen molar-refractivity contribution in [1.29, 1.82) is 0 Å². The van der Waals surface area contributed by atoms with Crippen molar-refractivity contribution >= 4 is 44.3 Å². The lowest BCUT2D eigenvalue weighted by atomic mass is 10.2. The summed E-state index contributed by atoms with van der Waals surface area (Å²) in [4.78, 5) is 25.1. The van der Waals surface area contributed by atoms with Gasteiger partial charge in [-0.25, -0.2) is 23.8 Å². The smallest absolute Gasteiger partial charge is 0.338 e. The number of thiophene rings is 1. The largest absolute Gasteiger partial charge is 0.419 e. The minimum Gasteiger partial charge on any atom is -0.338 e. The van der Waals surface area contributed by atoms with Crippen molar-refractivity contribution in [3.63, 3.8) is 0 Å². The molecule has 1 fully saturated rings. The van der Waals surface area contributed by atoms with Gasteiger partial charge in [-0.1, -0.05) is 6.07 Å². The van der Waals surface area contributed by atoms with E-state index in [0.717, 1.165) is 23.1 Å². The third kappa shape index (κ3) is 4.97. The Morgan fingerprint density at radius 1 is 1.08 bits per heavy atom. The van der Waals surface area contributed by atoms with E-state index in [-0.39, 0.29) is 18.4 Å². The van der Waals surface area contributed by atoms with Crippen molar-refractivity contribution < 1.29 is 22.4 Å². The van der Waals surface area contributed by atoms with Gasteiger partial charge in [-0.05, 0) is 53.1 Å². The van der Waals surface area contributed by atoms with Crippen LogP contribution in [0, 0.1) is 5.82 Å². The Bertz CT molecular complexity index is 1680. The minimum atomic E-state index is -4.79. The van der Waals surface area contributed by atoms with Crippen LogP contribution in [0.5, 0.6) is 0 Å². The zero-order valence-corrected chi connectivity index (χ0v) is 21.1. The Morgan fingerprint density at radius 2 is 1.95 bits per heavy atom. The number of fused-ring (bicyclic) bond motifs is 2. The van der Waals surface area contributed by atoms with Crippen LogP contribution in [0.25, 0.3) is 26.8 Å². The molecule has 0 unspecified atom stereocenters. The van der Waals surface area contributed by atoms with Crippen LogP contribution in [0.4, 0.5) is 28.2 Å². The number of alkyl halides is 3. The summed E-state index contributed by atoms with van der Waals surface area (Å²) in [6.07, 6.45) is -1.20. The normalized spacial score (nSPS) is 14.4. The molecule has 2 aromatic carbocycles. The van der Waals surface area contributed by atoms with Gasteiger partial charge < -0.3 is 15.1 Å². The van der Waals surface area contributed by atoms with Gasteiger partial charge >= 0.3 is 12.2 Å². The number of urea groups is 1. The predicted molar refractivity (Wildman–Crippen MR) is 139 cm³/mol. The first-order valence-electron chi connectivity index (χ1n) is 12.1. The van der Waals surface area contributed by atoms with Crippen LogP contribution in [-0.4, -0.2) is 50.4 Å². The van der Waals surface area contributed by atoms with Gasteiger partial charge in [0.15, 0.2) is 5.65 Å². The van der Waals surface area contributed by atoms with E-state index < -0.39 is 17.6 Å². The molecular weight excluding hydrogens is 534 g/mol. The van der Waals surface area contributed by atoms with Gasteiger partial charge in [0.1, 0.15) is 18.0 Å². The van der Waals surface area contributed by atoms with Crippen molar-refractivity contribution in [3.05, 3.63) is 77.3 Å². The summed E-state index contributed by atoms with van der Waals surface area (Å²) in [5.41, 5.74) is 0.0744. The van der Waals surface area contributed by atoms with Gasteiger partial charge in [-0.3, -0.25) is 0 Å². The minimum absolute atomic E-state index is 0.115. The van der Waals surface area contributed by atoms with E-state index in [4.69, 9.17) is 0 Å². The molecule has 39 heavy (non-hydrogen) atoms. The molecule has 0 atom stereocenters. The first-order valence-corrected chi connectivity index (χ1v) is 13.0. The van der Waals surface area contributed by atoms with Crippen LogP contribution in [0.2, 0.25) is 0 Å². The Balaban J connectivity index is 1.19. The lowest BCUT2D eigenvalue weighted by molar-refractivity contribution is -0.140. The maximum atomic E-state index is 14.2. The lowest BCUT2D eigenvalue weighted by Crippen LogP contribution is -2.51. The van der Waals surface area contributed by atoms with Gasteiger partial charge in [0, 0.05) is 36.6 Å². The van der Waals surface area contributed by atoms with Gasteiger partial charge in [-0.2, -0.15) is 13.2 Å². The first-order chi connectivity index (χ1) is 18.8. The quantitative estimate of drug-likeness (QED) is 0.294. The molecule has 200 valence electrons. The molecule has 4 heterocycles. The average Bonchev–Trinajstić information content (AvgIpc) is 3.57. The summed E-state index contributed by atoms with van der Waals surface area (Å²) in [7, 11) is 0. The van der Waals surface area contributed by atoms with Crippen LogP contribution in [0.3, 0.4) is 0 Å². The van der Waals surface area contributed by atoms with E-state index in [0.29, 0.717) is 49.0 Å². The molecule has 2 amide bonds. The van der Waals surface area contributed by atoms with Crippen LogP contribution in [-0.2, 0) is 12.7 Å². The molecule has 13 heteroatoms. The Kier molecular flexibility index (Phi) is 6.29. The summed E-state index contributed by atoms with van der Waals surface area (Å²) in [6, 6.07) is 10.6. The Morgan fingerprint density at radius 3 is 2.77 bits per heavy atom. The fraction of sp³-hybridized carbons (Fsp3) is 0.231. The molecule has 0 saturated carbocycles. The van der Waals surface area contributed by atoms with Crippen molar-refractivity contribution in [2.24, 2.45) is 0 Å². The third-order valence-corrected chi connectivity index (χ3v) is 7.46. The van der Waals surface area contributed by atoms with E-state index in [1.165, 1.54) is 15.7 Å². The van der Waals surface area contributed by atoms with Crippen molar-refractivity contribution in [1.82, 2.24) is 30.0 Å². The molecule has 0 spiro atoms. The zero-order valence-electron chi connectivity index (χ0n) is 20.3. The highest BCUT2D eigenvalue weighted by Crippen LogP contribution is 2.33. The number of benzene rings is 2. The molecule has 1 aliphatic rings. The maximum Gasteiger partial charge on any atom is 0.419 e. The Labute approximate surface area is 223 Å². The van der Waals surface area contributed by atoms with Crippen LogP contribution >= 0.6 is 11.3 Å². The van der Waals surface area contributed by atoms with Gasteiger partial charge in [-0.15, -0.1) is 16.4 Å². The number of carbonyl (C=O) groups is 1. The first kappa shape index (κ1) is 25.0. The lowest BCUT2D eigenvalue weighted by Gasteiger charge is -2.36. The zero-order chi connectivity index (χ0) is 27.1. The van der Waals surface area contributed by atoms with E-state index in [1.807, 2.05) is 28.5 Å². The summed E-state index contributed by atoms with van der Waals surface area (Å²) < 4.78 is 55.5. The average molecular weight is 556 g/mol. The molecule has 3 aromatic heterocycles. The molecule has 0 bridgehead atoms. The molecule has 0 radical (unpaired) electrons. The SMILES string of the molecule is O=C(NCc1ccc2sccc2c1)N1CCCN(c2ncnc3nn(-c4ccc(C(F)(F)F)c(F)c4)cc23)C1. The number of hydrogen-bond acceptors (Lipinski definition) is 6. The standard InChI is InChI=1S/C26H21F4N7OS/c27-21-11-18(3-4-20(21)26(28,29)30)37-13-19-23(34-37)32-14-33-24(19)35-7-1-8-36(15-35)25(38)31-12-16-2-5-22-17(10-16)6-9-39-22/h2-6,9-11,13-14H,1,7-8,12,15H2,(H,31,38). The molecule has 1 aliphatic heterocycles. The number of aromatic nitrogens is 4. The van der Waals surface area contributed by atoms with E-state index in [2.05, 4.69) is 26.4 Å². The van der Waals surface area contributed by atoms with Crippen LogP contribution in [0.15, 0.2) is 60.4 Å². The number of nitrogens with one attached hydrogen (secondary N) is 1. The van der Waals surface area contributed by atoms with Gasteiger partial charge in [0.25, 0.3) is 0 Å². The number of nitrogens with zero attached hydrogens (tertiary/aromatic N) is 6. The maximum absolute atomic E-state index is 14.2. The molecule has 5 aromatic rings. The van der Waals surface area contributed by atoms with E-state index in [9.17, 15) is 22.4 Å². The molecule has 6 rings (SSSR count). The van der Waals surface area contributed by atoms with Crippen LogP contribution < -0.4 is 10.2 Å². The fourth-order valence-corrected chi connectivity index (χ4v) is 5.41. The number of hydrogen-bond donors (Lipinski definition) is 1. The van der Waals surface area contributed by atoms with Crippen molar-refractivity contribution in [2.75, 3.05) is 24.7 Å². The summed E-state index contributed by atoms with van der Waals surface area (Å²) in [6.45, 7) is 1.88. The third-order valence-electron chi connectivity index (χ3n) is 6.56. The number of carbonyl (C=O) groups excluding carboxylic acids is 1. The summed E-state index contributed by atoms with van der Waals surface area (Å²) >= 11 is 1.67. The monoisotopic (exact) mass is 555 g/mol.